The number of likely N-dealkylation sites (tertiary alicyclic amines) is 1. The lowest BCUT2D eigenvalue weighted by Gasteiger charge is -2.42. The Bertz CT molecular complexity index is 1230. The highest BCUT2D eigenvalue weighted by atomic mass is 19.3. The number of ether oxygens (including phenoxy) is 1. The summed E-state index contributed by atoms with van der Waals surface area (Å²) in [6.07, 6.45) is -0.0345. The lowest BCUT2D eigenvalue weighted by atomic mass is 9.86. The predicted octanol–water partition coefficient (Wildman–Crippen LogP) is 6.37. The van der Waals surface area contributed by atoms with Crippen molar-refractivity contribution in [3.8, 4) is 5.75 Å². The van der Waals surface area contributed by atoms with Gasteiger partial charge in [0.15, 0.2) is 0 Å². The van der Waals surface area contributed by atoms with Crippen LogP contribution in [0.2, 0.25) is 0 Å². The van der Waals surface area contributed by atoms with Crippen molar-refractivity contribution in [3.63, 3.8) is 0 Å². The summed E-state index contributed by atoms with van der Waals surface area (Å²) in [6.45, 7) is 4.17. The van der Waals surface area contributed by atoms with E-state index in [2.05, 4.69) is 0 Å². The molecule has 0 saturated carbocycles. The highest BCUT2D eigenvalue weighted by Crippen LogP contribution is 2.46. The van der Waals surface area contributed by atoms with Crippen molar-refractivity contribution in [3.05, 3.63) is 64.9 Å². The molecule has 9 heteroatoms. The van der Waals surface area contributed by atoms with Gasteiger partial charge in [0.25, 0.3) is 5.92 Å². The molecular formula is C28H31F5N2O2. The molecule has 0 radical (unpaired) electrons. The SMILES string of the molecule is CCC(F)(F)CN1[C@@H](c2c(F)cc(OCCN3CC(CF)C3)cc2F)c2c(oc3ccccc23)C[C@@H]1C. The molecule has 0 N–H and O–H groups in total. The Kier molecular flexibility index (Phi) is 7.20. The van der Waals surface area contributed by atoms with Gasteiger partial charge in [-0.1, -0.05) is 25.1 Å². The third-order valence-corrected chi connectivity index (χ3v) is 7.55. The maximum absolute atomic E-state index is 15.7. The lowest BCUT2D eigenvalue weighted by Crippen LogP contribution is -2.49. The summed E-state index contributed by atoms with van der Waals surface area (Å²) in [5, 5.41) is 0.652. The van der Waals surface area contributed by atoms with Crippen LogP contribution >= 0.6 is 0 Å². The van der Waals surface area contributed by atoms with E-state index in [9.17, 15) is 13.2 Å². The molecule has 0 aliphatic carbocycles. The summed E-state index contributed by atoms with van der Waals surface area (Å²) < 4.78 is 84.9. The number of hydrogen-bond donors (Lipinski definition) is 0. The quantitative estimate of drug-likeness (QED) is 0.305. The normalized spacial score (nSPS) is 21.3. The van der Waals surface area contributed by atoms with Crippen LogP contribution in [0.15, 0.2) is 40.8 Å². The maximum atomic E-state index is 15.7. The number of halogens is 5. The van der Waals surface area contributed by atoms with E-state index in [0.29, 0.717) is 48.3 Å². The van der Waals surface area contributed by atoms with Crippen molar-refractivity contribution in [1.82, 2.24) is 9.80 Å². The fourth-order valence-corrected chi connectivity index (χ4v) is 5.46. The largest absolute Gasteiger partial charge is 0.492 e. The van der Waals surface area contributed by atoms with E-state index in [-0.39, 0.29) is 36.9 Å². The van der Waals surface area contributed by atoms with Gasteiger partial charge in [-0.25, -0.2) is 17.6 Å². The number of benzene rings is 2. The summed E-state index contributed by atoms with van der Waals surface area (Å²) >= 11 is 0. The molecule has 200 valence electrons. The van der Waals surface area contributed by atoms with Gasteiger partial charge in [0, 0.05) is 73.1 Å². The number of furan rings is 1. The van der Waals surface area contributed by atoms with Crippen LogP contribution in [0.25, 0.3) is 11.0 Å². The Labute approximate surface area is 213 Å². The van der Waals surface area contributed by atoms with Gasteiger partial charge in [-0.15, -0.1) is 0 Å². The summed E-state index contributed by atoms with van der Waals surface area (Å²) in [5.41, 5.74) is 0.773. The average molecular weight is 523 g/mol. The van der Waals surface area contributed by atoms with Gasteiger partial charge in [-0.05, 0) is 13.0 Å². The van der Waals surface area contributed by atoms with Crippen molar-refractivity contribution in [1.29, 1.82) is 0 Å². The van der Waals surface area contributed by atoms with Crippen LogP contribution < -0.4 is 4.74 Å². The number of hydrogen-bond acceptors (Lipinski definition) is 4. The molecular weight excluding hydrogens is 491 g/mol. The minimum absolute atomic E-state index is 0.0212. The molecule has 1 fully saturated rings. The van der Waals surface area contributed by atoms with Gasteiger partial charge in [-0.3, -0.25) is 14.2 Å². The van der Waals surface area contributed by atoms with Gasteiger partial charge < -0.3 is 9.15 Å². The first-order valence-electron chi connectivity index (χ1n) is 12.7. The molecule has 0 amide bonds. The smallest absolute Gasteiger partial charge is 0.260 e. The first kappa shape index (κ1) is 26.0. The van der Waals surface area contributed by atoms with E-state index >= 15 is 8.78 Å². The highest BCUT2D eigenvalue weighted by Gasteiger charge is 2.44. The monoisotopic (exact) mass is 522 g/mol. The van der Waals surface area contributed by atoms with Crippen LogP contribution in [0.3, 0.4) is 0 Å². The van der Waals surface area contributed by atoms with Gasteiger partial charge >= 0.3 is 0 Å². The number of rotatable bonds is 9. The third kappa shape index (κ3) is 5.08. The Hall–Kier alpha value is -2.65. The summed E-state index contributed by atoms with van der Waals surface area (Å²) in [4.78, 5) is 3.49. The lowest BCUT2D eigenvalue weighted by molar-refractivity contribution is -0.0555. The number of nitrogens with zero attached hydrogens (tertiary/aromatic N) is 2. The van der Waals surface area contributed by atoms with Crippen molar-refractivity contribution < 1.29 is 31.1 Å². The summed E-state index contributed by atoms with van der Waals surface area (Å²) in [6, 6.07) is 7.82. The van der Waals surface area contributed by atoms with Crippen LogP contribution in [0.4, 0.5) is 22.0 Å². The van der Waals surface area contributed by atoms with E-state index < -0.39 is 36.2 Å². The van der Waals surface area contributed by atoms with Crippen molar-refractivity contribution in [2.75, 3.05) is 39.5 Å². The average Bonchev–Trinajstić information content (AvgIpc) is 3.19. The van der Waals surface area contributed by atoms with Crippen LogP contribution in [0.5, 0.6) is 5.75 Å². The van der Waals surface area contributed by atoms with E-state index in [1.54, 1.807) is 31.2 Å². The molecule has 2 aliphatic rings. The van der Waals surface area contributed by atoms with Crippen LogP contribution in [0.1, 0.15) is 43.2 Å². The van der Waals surface area contributed by atoms with Gasteiger partial charge in [-0.2, -0.15) is 0 Å². The molecule has 2 atom stereocenters. The molecule has 0 bridgehead atoms. The molecule has 1 saturated heterocycles. The Morgan fingerprint density at radius 1 is 1.08 bits per heavy atom. The Morgan fingerprint density at radius 3 is 2.46 bits per heavy atom. The minimum Gasteiger partial charge on any atom is -0.492 e. The van der Waals surface area contributed by atoms with Crippen LogP contribution in [-0.4, -0.2) is 61.2 Å². The molecule has 2 aliphatic heterocycles. The van der Waals surface area contributed by atoms with Crippen LogP contribution in [0, 0.1) is 17.6 Å². The second-order valence-corrected chi connectivity index (χ2v) is 10.2. The van der Waals surface area contributed by atoms with Gasteiger partial charge in [0.1, 0.15) is 35.3 Å². The number of para-hydroxylation sites is 1. The molecule has 0 spiro atoms. The van der Waals surface area contributed by atoms with Gasteiger partial charge in [0.2, 0.25) is 0 Å². The Balaban J connectivity index is 1.49. The molecule has 3 heterocycles. The van der Waals surface area contributed by atoms with E-state index in [4.69, 9.17) is 9.15 Å². The third-order valence-electron chi connectivity index (χ3n) is 7.55. The maximum Gasteiger partial charge on any atom is 0.260 e. The topological polar surface area (TPSA) is 28.9 Å². The molecule has 1 aromatic heterocycles. The first-order chi connectivity index (χ1) is 17.7. The standard InChI is InChI=1S/C28H31F5N2O2/c1-3-28(32,33)16-35-17(2)10-24-25(20-6-4-5-7-23(20)37-24)27(35)26-21(30)11-19(12-22(26)31)36-9-8-34-14-18(13-29)15-34/h4-7,11-12,17-18,27H,3,8-10,13-16H2,1-2H3/t17-,27+/m0/s1. The summed E-state index contributed by atoms with van der Waals surface area (Å²) in [5.74, 6) is -4.15. The summed E-state index contributed by atoms with van der Waals surface area (Å²) in [7, 11) is 0. The molecule has 2 aromatic carbocycles. The van der Waals surface area contributed by atoms with E-state index in [0.717, 1.165) is 12.1 Å². The molecule has 4 nitrogen and oxygen atoms in total. The van der Waals surface area contributed by atoms with Crippen molar-refractivity contribution in [2.24, 2.45) is 5.92 Å². The zero-order valence-corrected chi connectivity index (χ0v) is 21.0. The fourth-order valence-electron chi connectivity index (χ4n) is 5.46. The fraction of sp³-hybridized carbons (Fsp3) is 0.500. The molecule has 37 heavy (non-hydrogen) atoms. The van der Waals surface area contributed by atoms with Crippen molar-refractivity contribution in [2.45, 2.75) is 44.7 Å². The van der Waals surface area contributed by atoms with Crippen LogP contribution in [-0.2, 0) is 6.42 Å². The molecule has 5 rings (SSSR count). The highest BCUT2D eigenvalue weighted by molar-refractivity contribution is 5.83. The second-order valence-electron chi connectivity index (χ2n) is 10.2. The number of alkyl halides is 3. The predicted molar refractivity (Wildman–Crippen MR) is 131 cm³/mol. The first-order valence-corrected chi connectivity index (χ1v) is 12.7. The van der Waals surface area contributed by atoms with E-state index in [1.807, 2.05) is 4.90 Å². The molecule has 0 unspecified atom stereocenters. The van der Waals surface area contributed by atoms with E-state index in [1.165, 1.54) is 11.8 Å². The minimum atomic E-state index is -3.03. The Morgan fingerprint density at radius 2 is 1.78 bits per heavy atom. The zero-order chi connectivity index (χ0) is 26.3. The number of fused-ring (bicyclic) bond motifs is 3. The molecule has 3 aromatic rings. The zero-order valence-electron chi connectivity index (χ0n) is 21.0. The van der Waals surface area contributed by atoms with Gasteiger partial charge in [0.05, 0.1) is 19.3 Å². The second kappa shape index (κ2) is 10.3. The van der Waals surface area contributed by atoms with Crippen molar-refractivity contribution >= 4 is 11.0 Å².